The van der Waals surface area contributed by atoms with Gasteiger partial charge in [-0.15, -0.1) is 11.3 Å². The molecule has 0 saturated carbocycles. The van der Waals surface area contributed by atoms with Crippen molar-refractivity contribution in [3.8, 4) is 0 Å². The van der Waals surface area contributed by atoms with Gasteiger partial charge in [0.2, 0.25) is 0 Å². The molecule has 3 N–H and O–H groups in total. The number of hydrogen-bond acceptors (Lipinski definition) is 4. The lowest BCUT2D eigenvalue weighted by Crippen LogP contribution is -2.11. The first-order valence-electron chi connectivity index (χ1n) is 5.41. The molecule has 1 unspecified atom stereocenters. The van der Waals surface area contributed by atoms with Crippen LogP contribution in [-0.4, -0.2) is 16.6 Å². The lowest BCUT2D eigenvalue weighted by molar-refractivity contribution is 0.188. The summed E-state index contributed by atoms with van der Waals surface area (Å²) in [5.41, 5.74) is 7.22. The predicted molar refractivity (Wildman–Crippen MR) is 67.7 cm³/mol. The lowest BCUT2D eigenvalue weighted by Gasteiger charge is -2.07. The van der Waals surface area contributed by atoms with Crippen LogP contribution in [0.5, 0.6) is 0 Å². The molecule has 0 aliphatic rings. The minimum absolute atomic E-state index is 0.230. The Bertz CT molecular complexity index is 493. The number of fused-ring (bicyclic) bond motifs is 1. The molecule has 0 bridgehead atoms. The van der Waals surface area contributed by atoms with E-state index in [-0.39, 0.29) is 6.54 Å². The molecule has 2 aromatic rings. The Morgan fingerprint density at radius 2 is 2.19 bits per heavy atom. The number of hydrogen-bond donors (Lipinski definition) is 2. The number of thiazole rings is 1. The summed E-state index contributed by atoms with van der Waals surface area (Å²) < 4.78 is 1.12. The highest BCUT2D eigenvalue weighted by atomic mass is 32.1. The molecule has 3 nitrogen and oxygen atoms in total. The van der Waals surface area contributed by atoms with Crippen LogP contribution in [0.1, 0.15) is 36.4 Å². The maximum Gasteiger partial charge on any atom is 0.0964 e. The van der Waals surface area contributed by atoms with Gasteiger partial charge in [-0.3, -0.25) is 0 Å². The fourth-order valence-corrected chi connectivity index (χ4v) is 2.63. The van der Waals surface area contributed by atoms with Crippen molar-refractivity contribution in [3.63, 3.8) is 0 Å². The van der Waals surface area contributed by atoms with Crippen molar-refractivity contribution in [2.24, 2.45) is 5.73 Å². The second-order valence-corrected chi connectivity index (χ2v) is 5.21. The summed E-state index contributed by atoms with van der Waals surface area (Å²) in [6.07, 6.45) is -0.620. The number of benzene rings is 1. The first kappa shape index (κ1) is 11.5. The molecule has 1 aromatic heterocycles. The molecule has 0 amide bonds. The van der Waals surface area contributed by atoms with E-state index in [2.05, 4.69) is 18.8 Å². The number of aromatic nitrogens is 1. The quantitative estimate of drug-likeness (QED) is 0.860. The van der Waals surface area contributed by atoms with E-state index in [0.717, 1.165) is 20.8 Å². The number of aliphatic hydroxyl groups excluding tert-OH is 1. The van der Waals surface area contributed by atoms with E-state index in [1.807, 2.05) is 18.2 Å². The van der Waals surface area contributed by atoms with Crippen LogP contribution in [0.25, 0.3) is 10.2 Å². The molecule has 1 atom stereocenters. The Labute approximate surface area is 98.9 Å². The third-order valence-electron chi connectivity index (χ3n) is 2.54. The van der Waals surface area contributed by atoms with E-state index in [1.54, 1.807) is 11.3 Å². The summed E-state index contributed by atoms with van der Waals surface area (Å²) in [5.74, 6) is 0.417. The van der Waals surface area contributed by atoms with Crippen molar-refractivity contribution in [2.45, 2.75) is 25.9 Å². The number of aliphatic hydroxyl groups is 1. The van der Waals surface area contributed by atoms with Crippen molar-refractivity contribution >= 4 is 21.6 Å². The highest BCUT2D eigenvalue weighted by molar-refractivity contribution is 7.18. The summed E-state index contributed by atoms with van der Waals surface area (Å²) in [7, 11) is 0. The van der Waals surface area contributed by atoms with Crippen molar-refractivity contribution in [3.05, 3.63) is 28.8 Å². The molecule has 16 heavy (non-hydrogen) atoms. The second-order valence-electron chi connectivity index (χ2n) is 4.15. The van der Waals surface area contributed by atoms with Gasteiger partial charge in [0.05, 0.1) is 21.3 Å². The maximum atomic E-state index is 9.81. The van der Waals surface area contributed by atoms with E-state index in [1.165, 1.54) is 0 Å². The van der Waals surface area contributed by atoms with Crippen molar-refractivity contribution in [2.75, 3.05) is 6.54 Å². The zero-order valence-corrected chi connectivity index (χ0v) is 10.3. The van der Waals surface area contributed by atoms with Crippen LogP contribution in [0.3, 0.4) is 0 Å². The minimum Gasteiger partial charge on any atom is -0.387 e. The number of nitrogens with two attached hydrogens (primary N) is 1. The monoisotopic (exact) mass is 236 g/mol. The highest BCUT2D eigenvalue weighted by Gasteiger charge is 2.14. The third kappa shape index (κ3) is 1.96. The number of rotatable bonds is 3. The smallest absolute Gasteiger partial charge is 0.0964 e. The Hall–Kier alpha value is -0.970. The van der Waals surface area contributed by atoms with Gasteiger partial charge in [-0.2, -0.15) is 0 Å². The minimum atomic E-state index is -0.620. The van der Waals surface area contributed by atoms with Gasteiger partial charge in [-0.1, -0.05) is 26.0 Å². The molecule has 0 saturated heterocycles. The number of para-hydroxylation sites is 1. The maximum absolute atomic E-state index is 9.81. The van der Waals surface area contributed by atoms with Crippen LogP contribution >= 0.6 is 11.3 Å². The zero-order chi connectivity index (χ0) is 11.7. The zero-order valence-electron chi connectivity index (χ0n) is 9.47. The first-order valence-corrected chi connectivity index (χ1v) is 6.22. The molecule has 0 fully saturated rings. The normalized spacial score (nSPS) is 13.6. The van der Waals surface area contributed by atoms with Crippen LogP contribution in [0.2, 0.25) is 0 Å². The van der Waals surface area contributed by atoms with Crippen molar-refractivity contribution in [1.82, 2.24) is 4.98 Å². The fourth-order valence-electron chi connectivity index (χ4n) is 1.63. The van der Waals surface area contributed by atoms with Crippen LogP contribution in [-0.2, 0) is 0 Å². The summed E-state index contributed by atoms with van der Waals surface area (Å²) in [4.78, 5) is 4.58. The molecule has 0 aliphatic carbocycles. The molecule has 0 spiro atoms. The third-order valence-corrected chi connectivity index (χ3v) is 3.86. The van der Waals surface area contributed by atoms with E-state index in [0.29, 0.717) is 5.92 Å². The highest BCUT2D eigenvalue weighted by Crippen LogP contribution is 2.31. The van der Waals surface area contributed by atoms with Crippen LogP contribution in [0, 0.1) is 0 Å². The second kappa shape index (κ2) is 4.49. The van der Waals surface area contributed by atoms with E-state index in [4.69, 9.17) is 5.73 Å². The Balaban J connectivity index is 2.58. The SMILES string of the molecule is CC(C)c1nc2c(C(O)CN)cccc2s1. The van der Waals surface area contributed by atoms with Gasteiger partial charge >= 0.3 is 0 Å². The van der Waals surface area contributed by atoms with Gasteiger partial charge in [-0.05, 0) is 6.07 Å². The molecular formula is C12H16N2OS. The van der Waals surface area contributed by atoms with Crippen molar-refractivity contribution < 1.29 is 5.11 Å². The summed E-state index contributed by atoms with van der Waals surface area (Å²) in [5, 5.41) is 10.9. The van der Waals surface area contributed by atoms with E-state index in [9.17, 15) is 5.11 Å². The van der Waals surface area contributed by atoms with Crippen molar-refractivity contribution in [1.29, 1.82) is 0 Å². The van der Waals surface area contributed by atoms with E-state index >= 15 is 0 Å². The average Bonchev–Trinajstić information content (AvgIpc) is 2.71. The molecule has 1 heterocycles. The topological polar surface area (TPSA) is 59.1 Å². The largest absolute Gasteiger partial charge is 0.387 e. The standard InChI is InChI=1S/C12H16N2OS/c1-7(2)12-14-11-8(9(15)6-13)4-3-5-10(11)16-12/h3-5,7,9,15H,6,13H2,1-2H3. The van der Waals surface area contributed by atoms with Crippen LogP contribution < -0.4 is 5.73 Å². The Kier molecular flexibility index (Phi) is 3.23. The number of nitrogens with zero attached hydrogens (tertiary/aromatic N) is 1. The summed E-state index contributed by atoms with van der Waals surface area (Å²) >= 11 is 1.68. The Morgan fingerprint density at radius 3 is 2.81 bits per heavy atom. The molecule has 0 aliphatic heterocycles. The average molecular weight is 236 g/mol. The molecule has 2 rings (SSSR count). The van der Waals surface area contributed by atoms with Gasteiger partial charge in [0.1, 0.15) is 0 Å². The Morgan fingerprint density at radius 1 is 1.44 bits per heavy atom. The molecule has 1 aromatic carbocycles. The van der Waals surface area contributed by atoms with Crippen LogP contribution in [0.15, 0.2) is 18.2 Å². The fraction of sp³-hybridized carbons (Fsp3) is 0.417. The van der Waals surface area contributed by atoms with Gasteiger partial charge in [0.25, 0.3) is 0 Å². The summed E-state index contributed by atoms with van der Waals surface area (Å²) in [6.45, 7) is 4.47. The van der Waals surface area contributed by atoms with Gasteiger partial charge in [0, 0.05) is 18.0 Å². The molecular weight excluding hydrogens is 220 g/mol. The first-order chi connectivity index (χ1) is 7.63. The van der Waals surface area contributed by atoms with Gasteiger partial charge < -0.3 is 10.8 Å². The molecule has 4 heteroatoms. The van der Waals surface area contributed by atoms with Gasteiger partial charge in [-0.25, -0.2) is 4.98 Å². The predicted octanol–water partition coefficient (Wildman–Crippen LogP) is 2.41. The molecule has 86 valence electrons. The molecule has 0 radical (unpaired) electrons. The lowest BCUT2D eigenvalue weighted by atomic mass is 10.1. The summed E-state index contributed by atoms with van der Waals surface area (Å²) in [6, 6.07) is 5.87. The van der Waals surface area contributed by atoms with Crippen LogP contribution in [0.4, 0.5) is 0 Å². The van der Waals surface area contributed by atoms with Gasteiger partial charge in [0.15, 0.2) is 0 Å². The van der Waals surface area contributed by atoms with E-state index < -0.39 is 6.10 Å².